The average Bonchev–Trinajstić information content (AvgIpc) is 2.47. The predicted molar refractivity (Wildman–Crippen MR) is 77.3 cm³/mol. The molecule has 1 amide bonds. The number of fused-ring (bicyclic) bond motifs is 1. The van der Waals surface area contributed by atoms with Crippen LogP contribution in [0.1, 0.15) is 21.9 Å². The summed E-state index contributed by atoms with van der Waals surface area (Å²) in [6, 6.07) is 15.9. The fourth-order valence-electron chi connectivity index (χ4n) is 2.15. The summed E-state index contributed by atoms with van der Waals surface area (Å²) < 4.78 is 0. The Bertz CT molecular complexity index is 783. The maximum atomic E-state index is 11.1. The second-order valence-electron chi connectivity index (χ2n) is 4.58. The zero-order valence-corrected chi connectivity index (χ0v) is 10.8. The Balaban J connectivity index is 1.92. The van der Waals surface area contributed by atoms with E-state index in [2.05, 4.69) is 34.2 Å². The number of primary amides is 1. The predicted octanol–water partition coefficient (Wildman–Crippen LogP) is 2.32. The molecule has 3 aromatic rings. The highest BCUT2D eigenvalue weighted by Gasteiger charge is 2.05. The smallest absolute Gasteiger partial charge is 0.267 e. The molecular weight excluding hydrogens is 250 g/mol. The number of nitrogens with zero attached hydrogens (tertiary/aromatic N) is 2. The van der Waals surface area contributed by atoms with Gasteiger partial charge in [-0.15, -0.1) is 0 Å². The van der Waals surface area contributed by atoms with E-state index < -0.39 is 5.91 Å². The monoisotopic (exact) mass is 263 g/mol. The molecule has 0 unspecified atom stereocenters. The molecule has 4 nitrogen and oxygen atoms in total. The number of aromatic nitrogens is 2. The first-order chi connectivity index (χ1) is 9.72. The zero-order chi connectivity index (χ0) is 13.9. The fourth-order valence-corrected chi connectivity index (χ4v) is 2.15. The quantitative estimate of drug-likeness (QED) is 0.788. The van der Waals surface area contributed by atoms with Crippen LogP contribution in [0.25, 0.3) is 10.8 Å². The molecule has 2 aromatic carbocycles. The maximum absolute atomic E-state index is 11.1. The number of nitrogens with two attached hydrogens (primary N) is 1. The van der Waals surface area contributed by atoms with Crippen LogP contribution in [0.5, 0.6) is 0 Å². The van der Waals surface area contributed by atoms with Gasteiger partial charge in [-0.2, -0.15) is 0 Å². The number of amides is 1. The van der Waals surface area contributed by atoms with Gasteiger partial charge in [0.2, 0.25) is 0 Å². The van der Waals surface area contributed by atoms with Crippen molar-refractivity contribution in [2.24, 2.45) is 5.73 Å². The van der Waals surface area contributed by atoms with Crippen molar-refractivity contribution < 1.29 is 4.79 Å². The second kappa shape index (κ2) is 5.09. The number of benzene rings is 2. The molecule has 20 heavy (non-hydrogen) atoms. The van der Waals surface area contributed by atoms with E-state index in [-0.39, 0.29) is 5.69 Å². The van der Waals surface area contributed by atoms with Crippen LogP contribution in [0.4, 0.5) is 0 Å². The van der Waals surface area contributed by atoms with Crippen LogP contribution in [0.2, 0.25) is 0 Å². The Morgan fingerprint density at radius 3 is 2.65 bits per heavy atom. The molecule has 0 aliphatic rings. The van der Waals surface area contributed by atoms with E-state index in [4.69, 9.17) is 5.73 Å². The van der Waals surface area contributed by atoms with Gasteiger partial charge in [-0.25, -0.2) is 9.97 Å². The van der Waals surface area contributed by atoms with E-state index in [9.17, 15) is 4.79 Å². The summed E-state index contributed by atoms with van der Waals surface area (Å²) >= 11 is 0. The summed E-state index contributed by atoms with van der Waals surface area (Å²) in [5.74, 6) is 0.0590. The number of carbonyl (C=O) groups is 1. The van der Waals surface area contributed by atoms with Crippen LogP contribution in [-0.4, -0.2) is 15.9 Å². The normalized spacial score (nSPS) is 10.6. The lowest BCUT2D eigenvalue weighted by Gasteiger charge is -2.04. The summed E-state index contributed by atoms with van der Waals surface area (Å²) in [4.78, 5) is 19.5. The van der Waals surface area contributed by atoms with Gasteiger partial charge in [0.1, 0.15) is 11.5 Å². The molecule has 0 radical (unpaired) electrons. The van der Waals surface area contributed by atoms with Crippen molar-refractivity contribution >= 4 is 16.7 Å². The van der Waals surface area contributed by atoms with Gasteiger partial charge in [-0.1, -0.05) is 42.5 Å². The summed E-state index contributed by atoms with van der Waals surface area (Å²) in [6.07, 6.45) is 2.13. The Labute approximate surface area is 116 Å². The van der Waals surface area contributed by atoms with E-state index >= 15 is 0 Å². The van der Waals surface area contributed by atoms with Crippen molar-refractivity contribution in [3.05, 3.63) is 71.8 Å². The molecule has 0 saturated carbocycles. The lowest BCUT2D eigenvalue weighted by molar-refractivity contribution is 0.0995. The van der Waals surface area contributed by atoms with Crippen LogP contribution in [0.15, 0.2) is 54.7 Å². The number of carbonyl (C=O) groups excluding carboxylic acids is 1. The number of hydrogen-bond acceptors (Lipinski definition) is 3. The zero-order valence-electron chi connectivity index (χ0n) is 10.8. The van der Waals surface area contributed by atoms with Crippen LogP contribution in [-0.2, 0) is 6.42 Å². The number of rotatable bonds is 3. The minimum atomic E-state index is -0.535. The molecule has 0 spiro atoms. The Morgan fingerprint density at radius 2 is 1.85 bits per heavy atom. The third-order valence-electron chi connectivity index (χ3n) is 3.13. The van der Waals surface area contributed by atoms with Gasteiger partial charge in [-0.3, -0.25) is 4.79 Å². The van der Waals surface area contributed by atoms with Crippen molar-refractivity contribution in [2.45, 2.75) is 6.42 Å². The first-order valence-electron chi connectivity index (χ1n) is 6.32. The molecule has 2 N–H and O–H groups in total. The standard InChI is InChI=1S/C16H13N3O/c17-16(20)14-7-8-18-15(19-14)10-11-5-6-12-3-1-2-4-13(12)9-11/h1-9H,10H2,(H2,17,20). The van der Waals surface area contributed by atoms with Crippen molar-refractivity contribution in [2.75, 3.05) is 0 Å². The third kappa shape index (κ3) is 2.49. The minimum Gasteiger partial charge on any atom is -0.364 e. The van der Waals surface area contributed by atoms with Gasteiger partial charge >= 0.3 is 0 Å². The van der Waals surface area contributed by atoms with Crippen molar-refractivity contribution in [1.29, 1.82) is 0 Å². The number of hydrogen-bond donors (Lipinski definition) is 1. The van der Waals surface area contributed by atoms with Crippen LogP contribution >= 0.6 is 0 Å². The third-order valence-corrected chi connectivity index (χ3v) is 3.13. The molecule has 1 aromatic heterocycles. The minimum absolute atomic E-state index is 0.246. The highest BCUT2D eigenvalue weighted by Crippen LogP contribution is 2.17. The molecule has 0 aliphatic heterocycles. The van der Waals surface area contributed by atoms with E-state index in [1.807, 2.05) is 18.2 Å². The largest absolute Gasteiger partial charge is 0.364 e. The second-order valence-corrected chi connectivity index (χ2v) is 4.58. The van der Waals surface area contributed by atoms with Gasteiger partial charge in [-0.05, 0) is 22.4 Å². The molecule has 0 atom stereocenters. The molecule has 0 saturated heterocycles. The van der Waals surface area contributed by atoms with Crippen LogP contribution in [0.3, 0.4) is 0 Å². The first kappa shape index (κ1) is 12.3. The van der Waals surface area contributed by atoms with Gasteiger partial charge in [0.15, 0.2) is 0 Å². The maximum Gasteiger partial charge on any atom is 0.267 e. The summed E-state index contributed by atoms with van der Waals surface area (Å²) in [6.45, 7) is 0. The van der Waals surface area contributed by atoms with E-state index in [1.165, 1.54) is 16.8 Å². The molecule has 0 bridgehead atoms. The SMILES string of the molecule is NC(=O)c1ccnc(Cc2ccc3ccccc3c2)n1. The molecular formula is C16H13N3O. The van der Waals surface area contributed by atoms with Crippen molar-refractivity contribution in [1.82, 2.24) is 9.97 Å². The molecule has 4 heteroatoms. The van der Waals surface area contributed by atoms with E-state index in [1.54, 1.807) is 6.20 Å². The Kier molecular flexibility index (Phi) is 3.13. The molecule has 0 aliphatic carbocycles. The molecule has 1 heterocycles. The average molecular weight is 263 g/mol. The molecule has 3 rings (SSSR count). The van der Waals surface area contributed by atoms with Gasteiger partial charge in [0, 0.05) is 12.6 Å². The van der Waals surface area contributed by atoms with Gasteiger partial charge < -0.3 is 5.73 Å². The Hall–Kier alpha value is -2.75. The summed E-state index contributed by atoms with van der Waals surface area (Å²) in [5.41, 5.74) is 6.57. The lowest BCUT2D eigenvalue weighted by atomic mass is 10.0. The van der Waals surface area contributed by atoms with Crippen LogP contribution < -0.4 is 5.73 Å². The first-order valence-corrected chi connectivity index (χ1v) is 6.32. The van der Waals surface area contributed by atoms with Crippen LogP contribution in [0, 0.1) is 0 Å². The van der Waals surface area contributed by atoms with Crippen molar-refractivity contribution in [3.63, 3.8) is 0 Å². The van der Waals surface area contributed by atoms with Crippen molar-refractivity contribution in [3.8, 4) is 0 Å². The van der Waals surface area contributed by atoms with E-state index in [0.29, 0.717) is 12.2 Å². The topological polar surface area (TPSA) is 68.9 Å². The molecule has 98 valence electrons. The highest BCUT2D eigenvalue weighted by molar-refractivity contribution is 5.90. The summed E-state index contributed by atoms with van der Waals surface area (Å²) in [7, 11) is 0. The van der Waals surface area contributed by atoms with Gasteiger partial charge in [0.25, 0.3) is 5.91 Å². The van der Waals surface area contributed by atoms with Gasteiger partial charge in [0.05, 0.1) is 0 Å². The lowest BCUT2D eigenvalue weighted by Crippen LogP contribution is -2.14. The summed E-state index contributed by atoms with van der Waals surface area (Å²) in [5, 5.41) is 2.37. The fraction of sp³-hybridized carbons (Fsp3) is 0.0625. The van der Waals surface area contributed by atoms with E-state index in [0.717, 1.165) is 5.56 Å². The highest BCUT2D eigenvalue weighted by atomic mass is 16.1. The molecule has 0 fully saturated rings. The Morgan fingerprint density at radius 1 is 1.05 bits per heavy atom.